The second-order valence-electron chi connectivity index (χ2n) is 4.96. The molecule has 0 aromatic heterocycles. The van der Waals surface area contributed by atoms with Crippen molar-refractivity contribution in [2.45, 2.75) is 32.4 Å². The number of nitrogens with one attached hydrogen (secondary N) is 1. The van der Waals surface area contributed by atoms with Crippen LogP contribution in [0, 0.1) is 11.7 Å². The second kappa shape index (κ2) is 5.05. The number of halogens is 1. The molecule has 2 nitrogen and oxygen atoms in total. The van der Waals surface area contributed by atoms with Crippen LogP contribution in [0.15, 0.2) is 18.2 Å². The minimum absolute atomic E-state index is 0.119. The standard InChI is InChI=1S/C14H21FN2/c1-10(11-7-8-11)17(3)14-6-4-5-13(15)12(14)9-16-2/h4-6,10-11,16H,7-9H2,1-3H3. The first-order chi connectivity index (χ1) is 8.15. The van der Waals surface area contributed by atoms with E-state index in [4.69, 9.17) is 0 Å². The zero-order chi connectivity index (χ0) is 12.4. The summed E-state index contributed by atoms with van der Waals surface area (Å²) in [7, 11) is 3.91. The van der Waals surface area contributed by atoms with Crippen molar-refractivity contribution in [2.24, 2.45) is 5.92 Å². The van der Waals surface area contributed by atoms with Crippen LogP contribution in [0.25, 0.3) is 0 Å². The average molecular weight is 236 g/mol. The third-order valence-electron chi connectivity index (χ3n) is 3.74. The van der Waals surface area contributed by atoms with Gasteiger partial charge in [-0.05, 0) is 44.9 Å². The Balaban J connectivity index is 2.26. The summed E-state index contributed by atoms with van der Waals surface area (Å²) >= 11 is 0. The van der Waals surface area contributed by atoms with E-state index in [2.05, 4.69) is 24.2 Å². The molecule has 0 spiro atoms. The highest BCUT2D eigenvalue weighted by atomic mass is 19.1. The summed E-state index contributed by atoms with van der Waals surface area (Å²) in [6.07, 6.45) is 2.62. The van der Waals surface area contributed by atoms with Gasteiger partial charge in [-0.1, -0.05) is 6.07 Å². The summed E-state index contributed by atoms with van der Waals surface area (Å²) in [5.74, 6) is 0.664. The van der Waals surface area contributed by atoms with Crippen LogP contribution in [0.3, 0.4) is 0 Å². The first kappa shape index (κ1) is 12.4. The minimum atomic E-state index is -0.119. The Bertz CT molecular complexity index is 388. The second-order valence-corrected chi connectivity index (χ2v) is 4.96. The lowest BCUT2D eigenvalue weighted by molar-refractivity contribution is 0.582. The SMILES string of the molecule is CNCc1c(F)cccc1N(C)C(C)C1CC1. The Morgan fingerprint density at radius 2 is 2.18 bits per heavy atom. The molecule has 0 aliphatic heterocycles. The maximum Gasteiger partial charge on any atom is 0.129 e. The van der Waals surface area contributed by atoms with Crippen molar-refractivity contribution in [3.8, 4) is 0 Å². The summed E-state index contributed by atoms with van der Waals surface area (Å²) in [5.41, 5.74) is 1.78. The summed E-state index contributed by atoms with van der Waals surface area (Å²) in [5, 5.41) is 3.04. The third kappa shape index (κ3) is 2.60. The molecular formula is C14H21FN2. The topological polar surface area (TPSA) is 15.3 Å². The molecule has 1 aliphatic rings. The lowest BCUT2D eigenvalue weighted by Crippen LogP contribution is -2.32. The van der Waals surface area contributed by atoms with Crippen molar-refractivity contribution in [2.75, 3.05) is 19.0 Å². The fourth-order valence-corrected chi connectivity index (χ4v) is 2.34. The van der Waals surface area contributed by atoms with Gasteiger partial charge in [0.05, 0.1) is 0 Å². The lowest BCUT2D eigenvalue weighted by atomic mass is 10.1. The Labute approximate surface area is 103 Å². The predicted octanol–water partition coefficient (Wildman–Crippen LogP) is 2.78. The number of anilines is 1. The van der Waals surface area contributed by atoms with Gasteiger partial charge >= 0.3 is 0 Å². The van der Waals surface area contributed by atoms with Gasteiger partial charge in [0, 0.05) is 30.9 Å². The van der Waals surface area contributed by atoms with Crippen LogP contribution in [-0.4, -0.2) is 20.1 Å². The zero-order valence-electron chi connectivity index (χ0n) is 10.8. The van der Waals surface area contributed by atoms with E-state index in [1.165, 1.54) is 18.9 Å². The van der Waals surface area contributed by atoms with E-state index >= 15 is 0 Å². The molecule has 1 aliphatic carbocycles. The predicted molar refractivity (Wildman–Crippen MR) is 69.8 cm³/mol. The summed E-state index contributed by atoms with van der Waals surface area (Å²) in [6, 6.07) is 5.83. The summed E-state index contributed by atoms with van der Waals surface area (Å²) in [6.45, 7) is 2.80. The monoisotopic (exact) mass is 236 g/mol. The van der Waals surface area contributed by atoms with E-state index in [1.54, 1.807) is 6.07 Å². The van der Waals surface area contributed by atoms with E-state index in [0.717, 1.165) is 17.2 Å². The van der Waals surface area contributed by atoms with Gasteiger partial charge in [-0.25, -0.2) is 4.39 Å². The first-order valence-corrected chi connectivity index (χ1v) is 6.30. The molecule has 1 saturated carbocycles. The van der Waals surface area contributed by atoms with Gasteiger partial charge in [0.15, 0.2) is 0 Å². The molecule has 2 rings (SSSR count). The van der Waals surface area contributed by atoms with Crippen LogP contribution in [0.1, 0.15) is 25.3 Å². The highest BCUT2D eigenvalue weighted by molar-refractivity contribution is 5.54. The van der Waals surface area contributed by atoms with Gasteiger partial charge in [-0.15, -0.1) is 0 Å². The highest BCUT2D eigenvalue weighted by Gasteiger charge is 2.31. The van der Waals surface area contributed by atoms with Crippen LogP contribution < -0.4 is 10.2 Å². The molecule has 0 heterocycles. The lowest BCUT2D eigenvalue weighted by Gasteiger charge is -2.29. The Morgan fingerprint density at radius 3 is 2.76 bits per heavy atom. The molecule has 1 fully saturated rings. The van der Waals surface area contributed by atoms with Crippen molar-refractivity contribution >= 4 is 5.69 Å². The largest absolute Gasteiger partial charge is 0.371 e. The first-order valence-electron chi connectivity index (χ1n) is 6.30. The highest BCUT2D eigenvalue weighted by Crippen LogP contribution is 2.37. The Morgan fingerprint density at radius 1 is 1.47 bits per heavy atom. The van der Waals surface area contributed by atoms with Crippen LogP contribution >= 0.6 is 0 Å². The van der Waals surface area contributed by atoms with Gasteiger partial charge < -0.3 is 10.2 Å². The van der Waals surface area contributed by atoms with Crippen molar-refractivity contribution in [3.63, 3.8) is 0 Å². The molecule has 1 N–H and O–H groups in total. The maximum atomic E-state index is 13.8. The maximum absolute atomic E-state index is 13.8. The Hall–Kier alpha value is -1.09. The van der Waals surface area contributed by atoms with E-state index in [1.807, 2.05) is 13.1 Å². The molecular weight excluding hydrogens is 215 g/mol. The molecule has 0 bridgehead atoms. The van der Waals surface area contributed by atoms with Gasteiger partial charge in [-0.3, -0.25) is 0 Å². The molecule has 17 heavy (non-hydrogen) atoms. The number of hydrogen-bond donors (Lipinski definition) is 1. The number of rotatable bonds is 5. The zero-order valence-corrected chi connectivity index (χ0v) is 10.8. The summed E-state index contributed by atoms with van der Waals surface area (Å²) < 4.78 is 13.8. The smallest absolute Gasteiger partial charge is 0.129 e. The molecule has 3 heteroatoms. The van der Waals surface area contributed by atoms with Crippen molar-refractivity contribution in [1.82, 2.24) is 5.32 Å². The quantitative estimate of drug-likeness (QED) is 0.845. The molecule has 0 saturated heterocycles. The van der Waals surface area contributed by atoms with Crippen molar-refractivity contribution < 1.29 is 4.39 Å². The minimum Gasteiger partial charge on any atom is -0.371 e. The third-order valence-corrected chi connectivity index (χ3v) is 3.74. The van der Waals surface area contributed by atoms with Crippen LogP contribution in [-0.2, 0) is 6.54 Å². The van der Waals surface area contributed by atoms with Gasteiger partial charge in [-0.2, -0.15) is 0 Å². The molecule has 1 aromatic carbocycles. The normalized spacial score (nSPS) is 16.9. The fraction of sp³-hybridized carbons (Fsp3) is 0.571. The summed E-state index contributed by atoms with van der Waals surface area (Å²) in [4.78, 5) is 2.22. The molecule has 94 valence electrons. The average Bonchev–Trinajstić information content (AvgIpc) is 3.14. The van der Waals surface area contributed by atoms with Crippen molar-refractivity contribution in [3.05, 3.63) is 29.6 Å². The molecule has 1 aromatic rings. The van der Waals surface area contributed by atoms with Crippen LogP contribution in [0.2, 0.25) is 0 Å². The van der Waals surface area contributed by atoms with E-state index in [9.17, 15) is 4.39 Å². The number of hydrogen-bond acceptors (Lipinski definition) is 2. The van der Waals surface area contributed by atoms with Crippen LogP contribution in [0.4, 0.5) is 10.1 Å². The fourth-order valence-electron chi connectivity index (χ4n) is 2.34. The van der Waals surface area contributed by atoms with E-state index in [0.29, 0.717) is 12.6 Å². The van der Waals surface area contributed by atoms with Gasteiger partial charge in [0.25, 0.3) is 0 Å². The molecule has 1 unspecified atom stereocenters. The molecule has 0 amide bonds. The number of nitrogens with zero attached hydrogens (tertiary/aromatic N) is 1. The van der Waals surface area contributed by atoms with E-state index < -0.39 is 0 Å². The van der Waals surface area contributed by atoms with Gasteiger partial charge in [0.2, 0.25) is 0 Å². The van der Waals surface area contributed by atoms with E-state index in [-0.39, 0.29) is 5.82 Å². The molecule has 0 radical (unpaired) electrons. The molecule has 1 atom stereocenters. The Kier molecular flexibility index (Phi) is 3.67. The van der Waals surface area contributed by atoms with Crippen LogP contribution in [0.5, 0.6) is 0 Å². The van der Waals surface area contributed by atoms with Gasteiger partial charge in [0.1, 0.15) is 5.82 Å². The number of benzene rings is 1. The van der Waals surface area contributed by atoms with Crippen molar-refractivity contribution in [1.29, 1.82) is 0 Å².